The monoisotopic (exact) mass is 356 g/mol. The van der Waals surface area contributed by atoms with E-state index in [0.29, 0.717) is 18.4 Å². The Morgan fingerprint density at radius 3 is 2.48 bits per heavy atom. The molecule has 0 radical (unpaired) electrons. The SMILES string of the molecule is CC(C)C1COC(C=C(Nc2ccc3ccccc3c2)c2ccccc2)=N1. The molecule has 1 unspecified atom stereocenters. The molecular weight excluding hydrogens is 332 g/mol. The predicted octanol–water partition coefficient (Wildman–Crippen LogP) is 5.75. The van der Waals surface area contributed by atoms with Crippen molar-refractivity contribution in [1.29, 1.82) is 0 Å². The fraction of sp³-hybridized carbons (Fsp3) is 0.208. The first-order chi connectivity index (χ1) is 13.2. The van der Waals surface area contributed by atoms with Crippen molar-refractivity contribution < 1.29 is 4.74 Å². The van der Waals surface area contributed by atoms with Gasteiger partial charge in [0.1, 0.15) is 6.61 Å². The second-order valence-electron chi connectivity index (χ2n) is 7.20. The normalized spacial score (nSPS) is 17.1. The van der Waals surface area contributed by atoms with E-state index < -0.39 is 0 Å². The number of hydrogen-bond donors (Lipinski definition) is 1. The Bertz CT molecular complexity index is 989. The van der Waals surface area contributed by atoms with E-state index in [1.807, 2.05) is 24.3 Å². The molecule has 1 N–H and O–H groups in total. The third-order valence-electron chi connectivity index (χ3n) is 4.85. The third-order valence-corrected chi connectivity index (χ3v) is 4.85. The second-order valence-corrected chi connectivity index (χ2v) is 7.20. The van der Waals surface area contributed by atoms with Crippen LogP contribution in [0.4, 0.5) is 5.69 Å². The van der Waals surface area contributed by atoms with Gasteiger partial charge < -0.3 is 10.1 Å². The van der Waals surface area contributed by atoms with E-state index in [2.05, 4.69) is 73.8 Å². The Balaban J connectivity index is 1.68. The van der Waals surface area contributed by atoms with Gasteiger partial charge in [0.2, 0.25) is 5.90 Å². The third kappa shape index (κ3) is 4.03. The predicted molar refractivity (Wildman–Crippen MR) is 114 cm³/mol. The molecule has 1 atom stereocenters. The molecule has 0 bridgehead atoms. The van der Waals surface area contributed by atoms with Gasteiger partial charge in [-0.1, -0.05) is 74.5 Å². The molecule has 4 rings (SSSR count). The molecule has 3 nitrogen and oxygen atoms in total. The summed E-state index contributed by atoms with van der Waals surface area (Å²) in [6, 6.07) is 25.3. The fourth-order valence-corrected chi connectivity index (χ4v) is 3.18. The number of rotatable bonds is 5. The van der Waals surface area contributed by atoms with Crippen LogP contribution in [0.25, 0.3) is 16.5 Å². The highest BCUT2D eigenvalue weighted by molar-refractivity contribution is 5.99. The molecule has 0 saturated carbocycles. The van der Waals surface area contributed by atoms with Crippen molar-refractivity contribution in [2.45, 2.75) is 19.9 Å². The van der Waals surface area contributed by atoms with Gasteiger partial charge in [-0.3, -0.25) is 0 Å². The molecule has 0 aromatic heterocycles. The number of fused-ring (bicyclic) bond motifs is 1. The summed E-state index contributed by atoms with van der Waals surface area (Å²) in [6.07, 6.45) is 2.01. The standard InChI is InChI=1S/C24H24N2O/c1-17(2)23-16-27-24(26-23)15-22(19-9-4-3-5-10-19)25-21-13-12-18-8-6-7-11-20(18)14-21/h3-15,17,23,25H,16H2,1-2H3. The first-order valence-corrected chi connectivity index (χ1v) is 9.42. The lowest BCUT2D eigenvalue weighted by atomic mass is 10.1. The summed E-state index contributed by atoms with van der Waals surface area (Å²) in [7, 11) is 0. The maximum atomic E-state index is 5.82. The first kappa shape index (κ1) is 17.3. The zero-order valence-corrected chi connectivity index (χ0v) is 15.7. The number of ether oxygens (including phenoxy) is 1. The summed E-state index contributed by atoms with van der Waals surface area (Å²) in [5.74, 6) is 1.17. The summed E-state index contributed by atoms with van der Waals surface area (Å²) in [4.78, 5) is 4.72. The molecule has 3 heteroatoms. The van der Waals surface area contributed by atoms with E-state index >= 15 is 0 Å². The summed E-state index contributed by atoms with van der Waals surface area (Å²) in [5.41, 5.74) is 3.13. The topological polar surface area (TPSA) is 33.6 Å². The molecule has 3 aromatic rings. The molecule has 27 heavy (non-hydrogen) atoms. The lowest BCUT2D eigenvalue weighted by Crippen LogP contribution is -2.13. The van der Waals surface area contributed by atoms with Crippen LogP contribution in [0.15, 0.2) is 83.9 Å². The molecule has 1 heterocycles. The quantitative estimate of drug-likeness (QED) is 0.632. The van der Waals surface area contributed by atoms with Crippen LogP contribution >= 0.6 is 0 Å². The zero-order chi connectivity index (χ0) is 18.6. The second kappa shape index (κ2) is 7.67. The number of hydrogen-bond acceptors (Lipinski definition) is 3. The van der Waals surface area contributed by atoms with Crippen LogP contribution in [-0.4, -0.2) is 18.5 Å². The van der Waals surface area contributed by atoms with Crippen LogP contribution in [-0.2, 0) is 4.74 Å². The van der Waals surface area contributed by atoms with Crippen molar-refractivity contribution >= 4 is 28.1 Å². The van der Waals surface area contributed by atoms with Gasteiger partial charge in [0.15, 0.2) is 0 Å². The summed E-state index contributed by atoms with van der Waals surface area (Å²) in [5, 5.41) is 6.00. The average Bonchev–Trinajstić information content (AvgIpc) is 3.17. The molecule has 0 fully saturated rings. The van der Waals surface area contributed by atoms with Crippen molar-refractivity contribution in [2.75, 3.05) is 11.9 Å². The van der Waals surface area contributed by atoms with Gasteiger partial charge in [0, 0.05) is 11.8 Å². The minimum atomic E-state index is 0.231. The smallest absolute Gasteiger partial charge is 0.211 e. The molecule has 0 spiro atoms. The lowest BCUT2D eigenvalue weighted by Gasteiger charge is -2.12. The molecule has 3 aromatic carbocycles. The maximum Gasteiger partial charge on any atom is 0.211 e. The first-order valence-electron chi connectivity index (χ1n) is 9.42. The van der Waals surface area contributed by atoms with Crippen LogP contribution in [0.1, 0.15) is 19.4 Å². The zero-order valence-electron chi connectivity index (χ0n) is 15.7. The van der Waals surface area contributed by atoms with Gasteiger partial charge in [-0.05, 0) is 34.4 Å². The largest absolute Gasteiger partial charge is 0.476 e. The Morgan fingerprint density at radius 1 is 1.00 bits per heavy atom. The van der Waals surface area contributed by atoms with Crippen molar-refractivity contribution in [1.82, 2.24) is 0 Å². The fourth-order valence-electron chi connectivity index (χ4n) is 3.18. The molecular formula is C24H24N2O. The molecule has 0 saturated heterocycles. The van der Waals surface area contributed by atoms with Gasteiger partial charge in [-0.25, -0.2) is 4.99 Å². The number of benzene rings is 3. The van der Waals surface area contributed by atoms with E-state index in [0.717, 1.165) is 16.9 Å². The Morgan fingerprint density at radius 2 is 1.74 bits per heavy atom. The van der Waals surface area contributed by atoms with Gasteiger partial charge in [-0.15, -0.1) is 0 Å². The molecule has 0 amide bonds. The van der Waals surface area contributed by atoms with Gasteiger partial charge in [0.05, 0.1) is 11.7 Å². The molecule has 136 valence electrons. The van der Waals surface area contributed by atoms with Crippen LogP contribution < -0.4 is 5.32 Å². The van der Waals surface area contributed by atoms with Crippen LogP contribution in [0, 0.1) is 5.92 Å². The Labute approximate surface area is 160 Å². The van der Waals surface area contributed by atoms with Crippen LogP contribution in [0.3, 0.4) is 0 Å². The van der Waals surface area contributed by atoms with E-state index in [9.17, 15) is 0 Å². The molecule has 1 aliphatic rings. The van der Waals surface area contributed by atoms with E-state index in [4.69, 9.17) is 9.73 Å². The van der Waals surface area contributed by atoms with Crippen LogP contribution in [0.2, 0.25) is 0 Å². The minimum absolute atomic E-state index is 0.231. The minimum Gasteiger partial charge on any atom is -0.476 e. The van der Waals surface area contributed by atoms with Gasteiger partial charge in [-0.2, -0.15) is 0 Å². The number of nitrogens with one attached hydrogen (secondary N) is 1. The molecule has 0 aliphatic carbocycles. The van der Waals surface area contributed by atoms with E-state index in [-0.39, 0.29) is 6.04 Å². The highest BCUT2D eigenvalue weighted by Gasteiger charge is 2.21. The molecule has 1 aliphatic heterocycles. The summed E-state index contributed by atoms with van der Waals surface area (Å²) >= 11 is 0. The van der Waals surface area contributed by atoms with E-state index in [1.54, 1.807) is 0 Å². The number of nitrogens with zero attached hydrogens (tertiary/aromatic N) is 1. The number of anilines is 1. The van der Waals surface area contributed by atoms with Crippen molar-refractivity contribution in [3.05, 3.63) is 84.4 Å². The van der Waals surface area contributed by atoms with Crippen molar-refractivity contribution in [3.8, 4) is 0 Å². The number of aliphatic imine (C=N–C) groups is 1. The van der Waals surface area contributed by atoms with Crippen LogP contribution in [0.5, 0.6) is 0 Å². The van der Waals surface area contributed by atoms with Crippen molar-refractivity contribution in [2.24, 2.45) is 10.9 Å². The van der Waals surface area contributed by atoms with Crippen molar-refractivity contribution in [3.63, 3.8) is 0 Å². The highest BCUT2D eigenvalue weighted by atomic mass is 16.5. The summed E-state index contributed by atoms with van der Waals surface area (Å²) < 4.78 is 5.82. The van der Waals surface area contributed by atoms with Gasteiger partial charge in [0.25, 0.3) is 0 Å². The average molecular weight is 356 g/mol. The summed E-state index contributed by atoms with van der Waals surface area (Å²) in [6.45, 7) is 5.01. The van der Waals surface area contributed by atoms with Gasteiger partial charge >= 0.3 is 0 Å². The highest BCUT2D eigenvalue weighted by Crippen LogP contribution is 2.24. The Hall–Kier alpha value is -3.07. The van der Waals surface area contributed by atoms with E-state index in [1.165, 1.54) is 10.8 Å². The lowest BCUT2D eigenvalue weighted by molar-refractivity contribution is 0.293. The maximum absolute atomic E-state index is 5.82. The Kier molecular flexibility index (Phi) is 4.93.